The van der Waals surface area contributed by atoms with Crippen molar-refractivity contribution in [2.45, 2.75) is 13.5 Å². The number of benzene rings is 1. The van der Waals surface area contributed by atoms with E-state index in [0.29, 0.717) is 17.9 Å². The summed E-state index contributed by atoms with van der Waals surface area (Å²) < 4.78 is 0.841. The van der Waals surface area contributed by atoms with Crippen molar-refractivity contribution >= 4 is 33.2 Å². The average Bonchev–Trinajstić information content (AvgIpc) is 2.63. The van der Waals surface area contributed by atoms with Gasteiger partial charge in [-0.3, -0.25) is 14.8 Å². The summed E-state index contributed by atoms with van der Waals surface area (Å²) in [5, 5.41) is 6.15. The number of rotatable bonds is 5. The smallest absolute Gasteiger partial charge is 0.274 e. The Morgan fingerprint density at radius 1 is 1.08 bits per heavy atom. The Hall–Kier alpha value is -2.73. The summed E-state index contributed by atoms with van der Waals surface area (Å²) >= 11 is 3.46. The Kier molecular flexibility index (Phi) is 5.40. The van der Waals surface area contributed by atoms with Gasteiger partial charge in [0.1, 0.15) is 5.69 Å². The highest BCUT2D eigenvalue weighted by Gasteiger charge is 2.10. The summed E-state index contributed by atoms with van der Waals surface area (Å²) in [6, 6.07) is 13.2. The van der Waals surface area contributed by atoms with Gasteiger partial charge in [-0.15, -0.1) is 0 Å². The number of hydrogen-bond acceptors (Lipinski definition) is 4. The number of carbonyl (C=O) groups is 1. The molecule has 2 heterocycles. The van der Waals surface area contributed by atoms with E-state index in [2.05, 4.69) is 36.5 Å². The van der Waals surface area contributed by atoms with Crippen molar-refractivity contribution < 1.29 is 4.79 Å². The monoisotopic (exact) mass is 396 g/mol. The van der Waals surface area contributed by atoms with Crippen molar-refractivity contribution in [3.63, 3.8) is 0 Å². The molecule has 1 amide bonds. The van der Waals surface area contributed by atoms with Crippen LogP contribution in [0.1, 0.15) is 21.6 Å². The van der Waals surface area contributed by atoms with E-state index in [0.717, 1.165) is 21.3 Å². The second-order valence-corrected chi connectivity index (χ2v) is 6.43. The lowest BCUT2D eigenvalue weighted by Crippen LogP contribution is -2.14. The third-order valence-electron chi connectivity index (χ3n) is 3.61. The van der Waals surface area contributed by atoms with Crippen LogP contribution in [-0.4, -0.2) is 15.9 Å². The number of hydrogen-bond donors (Lipinski definition) is 2. The van der Waals surface area contributed by atoms with Gasteiger partial charge in [-0.1, -0.05) is 6.07 Å². The molecular weight excluding hydrogens is 380 g/mol. The Morgan fingerprint density at radius 3 is 2.64 bits per heavy atom. The van der Waals surface area contributed by atoms with E-state index < -0.39 is 0 Å². The SMILES string of the molecule is Cc1ccc(NC(=O)c2cc(NCc3ccncc3)ccn2)c(Br)c1. The van der Waals surface area contributed by atoms with Crippen LogP contribution in [0.2, 0.25) is 0 Å². The van der Waals surface area contributed by atoms with Gasteiger partial charge < -0.3 is 10.6 Å². The largest absolute Gasteiger partial charge is 0.381 e. The lowest BCUT2D eigenvalue weighted by atomic mass is 10.2. The van der Waals surface area contributed by atoms with Gasteiger partial charge in [-0.25, -0.2) is 0 Å². The number of pyridine rings is 2. The molecule has 0 aliphatic heterocycles. The Morgan fingerprint density at radius 2 is 1.88 bits per heavy atom. The number of aromatic nitrogens is 2. The molecular formula is C19H17BrN4O. The van der Waals surface area contributed by atoms with Crippen LogP contribution in [0, 0.1) is 6.92 Å². The van der Waals surface area contributed by atoms with E-state index in [1.165, 1.54) is 0 Å². The number of carbonyl (C=O) groups excluding carboxylic acids is 1. The highest BCUT2D eigenvalue weighted by atomic mass is 79.9. The molecule has 0 saturated heterocycles. The van der Waals surface area contributed by atoms with Crippen molar-refractivity contribution in [1.82, 2.24) is 9.97 Å². The van der Waals surface area contributed by atoms with Crippen LogP contribution < -0.4 is 10.6 Å². The molecule has 0 saturated carbocycles. The predicted octanol–water partition coefficient (Wildman–Crippen LogP) is 4.41. The summed E-state index contributed by atoms with van der Waals surface area (Å²) in [6.07, 6.45) is 5.12. The maximum absolute atomic E-state index is 12.4. The highest BCUT2D eigenvalue weighted by molar-refractivity contribution is 9.10. The molecule has 0 bridgehead atoms. The first-order chi connectivity index (χ1) is 12.1. The first-order valence-electron chi connectivity index (χ1n) is 7.78. The number of amides is 1. The van der Waals surface area contributed by atoms with Gasteiger partial charge in [0.25, 0.3) is 5.91 Å². The zero-order valence-electron chi connectivity index (χ0n) is 13.7. The second-order valence-electron chi connectivity index (χ2n) is 5.58. The van der Waals surface area contributed by atoms with Crippen molar-refractivity contribution in [1.29, 1.82) is 0 Å². The molecule has 6 heteroatoms. The van der Waals surface area contributed by atoms with E-state index in [-0.39, 0.29) is 5.91 Å². The molecule has 0 fully saturated rings. The molecule has 2 aromatic heterocycles. The molecule has 0 aliphatic carbocycles. The third-order valence-corrected chi connectivity index (χ3v) is 4.27. The second kappa shape index (κ2) is 7.90. The third kappa shape index (κ3) is 4.64. The van der Waals surface area contributed by atoms with Gasteiger partial charge in [-0.2, -0.15) is 0 Å². The van der Waals surface area contributed by atoms with Crippen molar-refractivity contribution in [2.75, 3.05) is 10.6 Å². The standard InChI is InChI=1S/C19H17BrN4O/c1-13-2-3-17(16(20)10-13)24-19(25)18-11-15(6-9-22-18)23-12-14-4-7-21-8-5-14/h2-11H,12H2,1H3,(H,22,23)(H,24,25). The fourth-order valence-electron chi connectivity index (χ4n) is 2.28. The summed E-state index contributed by atoms with van der Waals surface area (Å²) in [7, 11) is 0. The molecule has 1 aromatic carbocycles. The van der Waals surface area contributed by atoms with Crippen LogP contribution in [0.25, 0.3) is 0 Å². The molecule has 0 atom stereocenters. The van der Waals surface area contributed by atoms with Crippen LogP contribution in [0.5, 0.6) is 0 Å². The zero-order chi connectivity index (χ0) is 17.6. The minimum Gasteiger partial charge on any atom is -0.381 e. The number of nitrogens with zero attached hydrogens (tertiary/aromatic N) is 2. The van der Waals surface area contributed by atoms with Crippen molar-refractivity contribution in [2.24, 2.45) is 0 Å². The van der Waals surface area contributed by atoms with E-state index in [4.69, 9.17) is 0 Å². The van der Waals surface area contributed by atoms with Gasteiger partial charge in [0, 0.05) is 35.3 Å². The summed E-state index contributed by atoms with van der Waals surface area (Å²) in [5.41, 5.74) is 4.13. The Bertz CT molecular complexity index is 884. The van der Waals surface area contributed by atoms with Crippen LogP contribution in [0.3, 0.4) is 0 Å². The molecule has 3 rings (SSSR count). The first kappa shape index (κ1) is 17.1. The van der Waals surface area contributed by atoms with E-state index >= 15 is 0 Å². The molecule has 0 unspecified atom stereocenters. The summed E-state index contributed by atoms with van der Waals surface area (Å²) in [4.78, 5) is 20.6. The van der Waals surface area contributed by atoms with E-state index in [1.54, 1.807) is 24.7 Å². The predicted molar refractivity (Wildman–Crippen MR) is 103 cm³/mol. The van der Waals surface area contributed by atoms with Gasteiger partial charge in [0.2, 0.25) is 0 Å². The number of anilines is 2. The van der Waals surface area contributed by atoms with Crippen LogP contribution >= 0.6 is 15.9 Å². The Balaban J connectivity index is 1.69. The minimum atomic E-state index is -0.253. The van der Waals surface area contributed by atoms with Crippen molar-refractivity contribution in [3.05, 3.63) is 82.3 Å². The van der Waals surface area contributed by atoms with Crippen LogP contribution in [-0.2, 0) is 6.54 Å². The number of nitrogens with one attached hydrogen (secondary N) is 2. The number of halogens is 1. The van der Waals surface area contributed by atoms with Crippen LogP contribution in [0.4, 0.5) is 11.4 Å². The molecule has 25 heavy (non-hydrogen) atoms. The van der Waals surface area contributed by atoms with E-state index in [9.17, 15) is 4.79 Å². The lowest BCUT2D eigenvalue weighted by Gasteiger charge is -2.10. The number of aryl methyl sites for hydroxylation is 1. The van der Waals surface area contributed by atoms with E-state index in [1.807, 2.05) is 43.3 Å². The zero-order valence-corrected chi connectivity index (χ0v) is 15.2. The molecule has 3 aromatic rings. The molecule has 5 nitrogen and oxygen atoms in total. The topological polar surface area (TPSA) is 66.9 Å². The first-order valence-corrected chi connectivity index (χ1v) is 8.57. The average molecular weight is 397 g/mol. The maximum atomic E-state index is 12.4. The highest BCUT2D eigenvalue weighted by Crippen LogP contribution is 2.24. The lowest BCUT2D eigenvalue weighted by molar-refractivity contribution is 0.102. The van der Waals surface area contributed by atoms with Gasteiger partial charge in [0.05, 0.1) is 5.69 Å². The molecule has 0 radical (unpaired) electrons. The van der Waals surface area contributed by atoms with Crippen molar-refractivity contribution in [3.8, 4) is 0 Å². The quantitative estimate of drug-likeness (QED) is 0.669. The normalized spacial score (nSPS) is 10.3. The van der Waals surface area contributed by atoms with Gasteiger partial charge in [0.15, 0.2) is 0 Å². The Labute approximate surface area is 154 Å². The molecule has 0 spiro atoms. The van der Waals surface area contributed by atoms with Crippen LogP contribution in [0.15, 0.2) is 65.5 Å². The van der Waals surface area contributed by atoms with Gasteiger partial charge in [-0.05, 0) is 70.4 Å². The molecule has 2 N–H and O–H groups in total. The summed E-state index contributed by atoms with van der Waals surface area (Å²) in [6.45, 7) is 2.65. The maximum Gasteiger partial charge on any atom is 0.274 e. The van der Waals surface area contributed by atoms with Gasteiger partial charge >= 0.3 is 0 Å². The minimum absolute atomic E-state index is 0.253. The fraction of sp³-hybridized carbons (Fsp3) is 0.105. The molecule has 126 valence electrons. The fourth-order valence-corrected chi connectivity index (χ4v) is 2.87. The summed E-state index contributed by atoms with van der Waals surface area (Å²) in [5.74, 6) is -0.253. The molecule has 0 aliphatic rings.